The summed E-state index contributed by atoms with van der Waals surface area (Å²) in [6.07, 6.45) is -1.09. The maximum atomic E-state index is 12.6. The number of anilines is 1. The second kappa shape index (κ2) is 8.86. The fourth-order valence-corrected chi connectivity index (χ4v) is 2.59. The molecule has 0 aromatic heterocycles. The summed E-state index contributed by atoms with van der Waals surface area (Å²) in [4.78, 5) is 47.5. The Morgan fingerprint density at radius 1 is 1.07 bits per heavy atom. The van der Waals surface area contributed by atoms with Crippen LogP contribution in [-0.2, 0) is 9.53 Å². The molecule has 0 spiro atoms. The number of ether oxygens (including phenoxy) is 1. The van der Waals surface area contributed by atoms with Crippen LogP contribution < -0.4 is 5.32 Å². The molecule has 2 aromatic carbocycles. The molecule has 1 N–H and O–H groups in total. The molecule has 30 heavy (non-hydrogen) atoms. The van der Waals surface area contributed by atoms with E-state index in [1.807, 2.05) is 0 Å². The Balaban J connectivity index is 2.09. The van der Waals surface area contributed by atoms with Gasteiger partial charge in [-0.15, -0.1) is 0 Å². The lowest BCUT2D eigenvalue weighted by Gasteiger charge is -2.18. The summed E-state index contributed by atoms with van der Waals surface area (Å²) in [5.41, 5.74) is 0.302. The summed E-state index contributed by atoms with van der Waals surface area (Å²) in [5.74, 6) is -1.40. The summed E-state index contributed by atoms with van der Waals surface area (Å²) in [5, 5.41) is 13.8. The average molecular weight is 412 g/mol. The molecule has 0 aliphatic rings. The molecule has 0 unspecified atom stereocenters. The lowest BCUT2D eigenvalue weighted by molar-refractivity contribution is -0.385. The maximum absolute atomic E-state index is 12.6. The molecular weight excluding hydrogens is 388 g/mol. The first-order valence-electron chi connectivity index (χ1n) is 9.32. The van der Waals surface area contributed by atoms with E-state index in [0.717, 1.165) is 0 Å². The van der Waals surface area contributed by atoms with Gasteiger partial charge in [-0.2, -0.15) is 0 Å². The third-order valence-electron chi connectivity index (χ3n) is 4.48. The van der Waals surface area contributed by atoms with Crippen LogP contribution in [0.3, 0.4) is 0 Å². The number of nitro groups is 1. The molecule has 1 amide bonds. The van der Waals surface area contributed by atoms with Crippen molar-refractivity contribution in [3.63, 3.8) is 0 Å². The number of hydrogen-bond acceptors (Lipinski definition) is 6. The van der Waals surface area contributed by atoms with Gasteiger partial charge in [-0.1, -0.05) is 26.8 Å². The second-order valence-electron chi connectivity index (χ2n) is 7.90. The van der Waals surface area contributed by atoms with Gasteiger partial charge in [0.05, 0.1) is 10.5 Å². The molecule has 0 fully saturated rings. The number of carbonyl (C=O) groups excluding carboxylic acids is 3. The Morgan fingerprint density at radius 3 is 2.20 bits per heavy atom. The number of esters is 1. The molecule has 0 aliphatic carbocycles. The van der Waals surface area contributed by atoms with Gasteiger partial charge in [-0.3, -0.25) is 19.7 Å². The summed E-state index contributed by atoms with van der Waals surface area (Å²) in [6, 6.07) is 10.3. The molecular formula is C22H24N2O6. The number of carbonyl (C=O) groups is 3. The zero-order chi connectivity index (χ0) is 22.6. The molecule has 0 radical (unpaired) electrons. The smallest absolute Gasteiger partial charge is 0.339 e. The fraction of sp³-hybridized carbons (Fsp3) is 0.318. The highest BCUT2D eigenvalue weighted by Crippen LogP contribution is 2.23. The number of ketones is 1. The Kier molecular flexibility index (Phi) is 6.71. The van der Waals surface area contributed by atoms with E-state index in [2.05, 4.69) is 5.32 Å². The van der Waals surface area contributed by atoms with Gasteiger partial charge in [0, 0.05) is 28.3 Å². The number of amides is 1. The third-order valence-corrected chi connectivity index (χ3v) is 4.48. The molecule has 8 heteroatoms. The van der Waals surface area contributed by atoms with Crippen molar-refractivity contribution in [1.29, 1.82) is 0 Å². The Labute approximate surface area is 174 Å². The van der Waals surface area contributed by atoms with Gasteiger partial charge < -0.3 is 10.1 Å². The van der Waals surface area contributed by atoms with E-state index in [-0.39, 0.29) is 22.7 Å². The predicted octanol–water partition coefficient (Wildman–Crippen LogP) is 4.32. The van der Waals surface area contributed by atoms with E-state index >= 15 is 0 Å². The predicted molar refractivity (Wildman–Crippen MR) is 112 cm³/mol. The number of benzene rings is 2. The number of Topliss-reactive ketones (excluding diaryl/α,β-unsaturated/α-hetero) is 1. The van der Waals surface area contributed by atoms with Crippen LogP contribution in [0, 0.1) is 22.5 Å². The molecule has 0 bridgehead atoms. The topological polar surface area (TPSA) is 116 Å². The molecule has 2 rings (SSSR count). The molecule has 158 valence electrons. The summed E-state index contributed by atoms with van der Waals surface area (Å²) < 4.78 is 5.23. The Hall–Kier alpha value is -3.55. The first kappa shape index (κ1) is 22.7. The van der Waals surface area contributed by atoms with Crippen LogP contribution in [0.1, 0.15) is 54.0 Å². The normalized spacial score (nSPS) is 12.0. The van der Waals surface area contributed by atoms with E-state index in [9.17, 15) is 24.5 Å². The van der Waals surface area contributed by atoms with E-state index < -0.39 is 28.2 Å². The van der Waals surface area contributed by atoms with Crippen LogP contribution in [0.2, 0.25) is 0 Å². The van der Waals surface area contributed by atoms with Crippen molar-refractivity contribution in [2.24, 2.45) is 5.41 Å². The third kappa shape index (κ3) is 5.28. The van der Waals surface area contributed by atoms with Gasteiger partial charge in [0.25, 0.3) is 5.69 Å². The maximum Gasteiger partial charge on any atom is 0.339 e. The first-order valence-corrected chi connectivity index (χ1v) is 9.32. The number of nitrogens with zero attached hydrogens (tertiary/aromatic N) is 1. The van der Waals surface area contributed by atoms with Gasteiger partial charge in [0.1, 0.15) is 0 Å². The summed E-state index contributed by atoms with van der Waals surface area (Å²) in [6.45, 7) is 8.26. The van der Waals surface area contributed by atoms with Crippen molar-refractivity contribution in [1.82, 2.24) is 0 Å². The SMILES string of the molecule is Cc1c(C(=O)O[C@@H](C)C(=O)c2ccc(NC(=O)C(C)(C)C)cc2)cccc1[N+](=O)[O-]. The van der Waals surface area contributed by atoms with E-state index in [1.165, 1.54) is 44.2 Å². The zero-order valence-electron chi connectivity index (χ0n) is 17.5. The second-order valence-corrected chi connectivity index (χ2v) is 7.90. The van der Waals surface area contributed by atoms with Crippen LogP contribution in [0.25, 0.3) is 0 Å². The van der Waals surface area contributed by atoms with Crippen molar-refractivity contribution in [2.75, 3.05) is 5.32 Å². The number of rotatable bonds is 6. The number of nitrogens with one attached hydrogen (secondary N) is 1. The van der Waals surface area contributed by atoms with E-state index in [0.29, 0.717) is 11.3 Å². The molecule has 0 aliphatic heterocycles. The summed E-state index contributed by atoms with van der Waals surface area (Å²) >= 11 is 0. The van der Waals surface area contributed by atoms with Crippen molar-refractivity contribution in [3.05, 3.63) is 69.3 Å². The van der Waals surface area contributed by atoms with Crippen LogP contribution in [-0.4, -0.2) is 28.7 Å². The van der Waals surface area contributed by atoms with Crippen molar-refractivity contribution < 1.29 is 24.0 Å². The summed E-state index contributed by atoms with van der Waals surface area (Å²) in [7, 11) is 0. The minimum atomic E-state index is -1.09. The fourth-order valence-electron chi connectivity index (χ4n) is 2.59. The van der Waals surface area contributed by atoms with Crippen LogP contribution >= 0.6 is 0 Å². The van der Waals surface area contributed by atoms with Crippen LogP contribution in [0.15, 0.2) is 42.5 Å². The zero-order valence-corrected chi connectivity index (χ0v) is 17.5. The molecule has 0 saturated heterocycles. The first-order chi connectivity index (χ1) is 13.9. The van der Waals surface area contributed by atoms with E-state index in [1.54, 1.807) is 32.9 Å². The van der Waals surface area contributed by atoms with Crippen LogP contribution in [0.4, 0.5) is 11.4 Å². The van der Waals surface area contributed by atoms with Crippen LogP contribution in [0.5, 0.6) is 0 Å². The van der Waals surface area contributed by atoms with Crippen molar-refractivity contribution in [3.8, 4) is 0 Å². The van der Waals surface area contributed by atoms with Crippen molar-refractivity contribution in [2.45, 2.75) is 40.7 Å². The molecule has 2 aromatic rings. The monoisotopic (exact) mass is 412 g/mol. The van der Waals surface area contributed by atoms with Gasteiger partial charge in [-0.25, -0.2) is 4.79 Å². The van der Waals surface area contributed by atoms with Crippen molar-refractivity contribution >= 4 is 29.0 Å². The highest BCUT2D eigenvalue weighted by Gasteiger charge is 2.25. The number of hydrogen-bond donors (Lipinski definition) is 1. The lowest BCUT2D eigenvalue weighted by Crippen LogP contribution is -2.27. The van der Waals surface area contributed by atoms with Gasteiger partial charge in [0.2, 0.25) is 11.7 Å². The Morgan fingerprint density at radius 2 is 1.67 bits per heavy atom. The molecule has 0 heterocycles. The highest BCUT2D eigenvalue weighted by atomic mass is 16.6. The van der Waals surface area contributed by atoms with E-state index in [4.69, 9.17) is 4.74 Å². The Bertz CT molecular complexity index is 990. The minimum Gasteiger partial charge on any atom is -0.451 e. The van der Waals surface area contributed by atoms with Gasteiger partial charge in [-0.05, 0) is 44.2 Å². The molecule has 1 atom stereocenters. The van der Waals surface area contributed by atoms with Gasteiger partial charge in [0.15, 0.2) is 6.10 Å². The quantitative estimate of drug-likeness (QED) is 0.327. The number of nitro benzene ring substituents is 1. The average Bonchev–Trinajstić information content (AvgIpc) is 2.67. The standard InChI is InChI=1S/C22H24N2O6/c1-13-17(7-6-8-18(13)24(28)29)20(26)30-14(2)19(25)15-9-11-16(12-10-15)23-21(27)22(3,4)5/h6-12,14H,1-5H3,(H,23,27)/t14-/m0/s1. The molecule has 0 saturated carbocycles. The largest absolute Gasteiger partial charge is 0.451 e. The molecule has 8 nitrogen and oxygen atoms in total. The lowest BCUT2D eigenvalue weighted by atomic mass is 9.95. The van der Waals surface area contributed by atoms with Gasteiger partial charge >= 0.3 is 5.97 Å². The highest BCUT2D eigenvalue weighted by molar-refractivity contribution is 6.02. The minimum absolute atomic E-state index is 0.0316.